The molecule has 7 heteroatoms. The van der Waals surface area contributed by atoms with Gasteiger partial charge in [0.25, 0.3) is 0 Å². The predicted molar refractivity (Wildman–Crippen MR) is 81.6 cm³/mol. The number of aromatic amines is 1. The summed E-state index contributed by atoms with van der Waals surface area (Å²) >= 11 is 0. The van der Waals surface area contributed by atoms with Crippen molar-refractivity contribution in [3.63, 3.8) is 0 Å². The van der Waals surface area contributed by atoms with Crippen molar-refractivity contribution in [3.05, 3.63) is 18.0 Å². The van der Waals surface area contributed by atoms with Gasteiger partial charge in [0.1, 0.15) is 0 Å². The van der Waals surface area contributed by atoms with Crippen molar-refractivity contribution in [2.45, 2.75) is 50.1 Å². The molecule has 0 aliphatic carbocycles. The molecule has 1 atom stereocenters. The lowest BCUT2D eigenvalue weighted by Gasteiger charge is -2.33. The summed E-state index contributed by atoms with van der Waals surface area (Å²) in [5.74, 6) is 0. The monoisotopic (exact) mass is 315 g/mol. The van der Waals surface area contributed by atoms with Crippen LogP contribution in [-0.2, 0) is 21.3 Å². The lowest BCUT2D eigenvalue weighted by Crippen LogP contribution is -2.51. The molecule has 2 rings (SSSR count). The molecule has 6 nitrogen and oxygen atoms in total. The fourth-order valence-corrected chi connectivity index (χ4v) is 3.91. The first-order valence-corrected chi connectivity index (χ1v) is 8.93. The average Bonchev–Trinajstić information content (AvgIpc) is 2.88. The maximum Gasteiger partial charge on any atom is 0.242 e. The zero-order valence-electron chi connectivity index (χ0n) is 12.7. The van der Waals surface area contributed by atoms with Gasteiger partial charge in [-0.15, -0.1) is 0 Å². The molecule has 1 saturated heterocycles. The van der Waals surface area contributed by atoms with Gasteiger partial charge >= 0.3 is 0 Å². The van der Waals surface area contributed by atoms with E-state index in [2.05, 4.69) is 21.9 Å². The molecule has 0 amide bonds. The van der Waals surface area contributed by atoms with Crippen LogP contribution in [0, 0.1) is 0 Å². The molecule has 21 heavy (non-hydrogen) atoms. The summed E-state index contributed by atoms with van der Waals surface area (Å²) in [5.41, 5.74) is 0.350. The Balaban J connectivity index is 2.02. The van der Waals surface area contributed by atoms with Gasteiger partial charge in [-0.25, -0.2) is 13.1 Å². The second kappa shape index (κ2) is 6.91. The SMILES string of the molecule is CCCNCc1cc(S(=O)(=O)NC2(C)CCCOC2)c[nH]1. The molecule has 0 spiro atoms. The molecule has 1 aromatic heterocycles. The van der Waals surface area contributed by atoms with E-state index in [4.69, 9.17) is 4.74 Å². The third-order valence-corrected chi connectivity index (χ3v) is 5.21. The first-order chi connectivity index (χ1) is 9.95. The summed E-state index contributed by atoms with van der Waals surface area (Å²) in [6, 6.07) is 1.68. The van der Waals surface area contributed by atoms with E-state index in [1.165, 1.54) is 0 Å². The normalized spacial score (nSPS) is 23.3. The number of hydrogen-bond acceptors (Lipinski definition) is 4. The Hall–Kier alpha value is -0.890. The Kier molecular flexibility index (Phi) is 5.43. The van der Waals surface area contributed by atoms with Gasteiger partial charge in [-0.1, -0.05) is 6.92 Å². The quantitative estimate of drug-likeness (QED) is 0.664. The van der Waals surface area contributed by atoms with Crippen molar-refractivity contribution in [2.75, 3.05) is 19.8 Å². The third-order valence-electron chi connectivity index (χ3n) is 3.59. The highest BCUT2D eigenvalue weighted by atomic mass is 32.2. The van der Waals surface area contributed by atoms with Gasteiger partial charge in [0.05, 0.1) is 17.0 Å². The molecule has 0 radical (unpaired) electrons. The predicted octanol–water partition coefficient (Wildman–Crippen LogP) is 1.36. The van der Waals surface area contributed by atoms with Crippen LogP contribution in [0.25, 0.3) is 0 Å². The minimum Gasteiger partial charge on any atom is -0.380 e. The van der Waals surface area contributed by atoms with Crippen LogP contribution in [0.2, 0.25) is 0 Å². The highest BCUT2D eigenvalue weighted by Gasteiger charge is 2.33. The second-order valence-electron chi connectivity index (χ2n) is 5.86. The van der Waals surface area contributed by atoms with Gasteiger partial charge in [-0.05, 0) is 38.8 Å². The summed E-state index contributed by atoms with van der Waals surface area (Å²) in [6.07, 6.45) is 4.25. The number of nitrogens with one attached hydrogen (secondary N) is 3. The van der Waals surface area contributed by atoms with Crippen LogP contribution in [-0.4, -0.2) is 38.7 Å². The first-order valence-electron chi connectivity index (χ1n) is 7.45. The van der Waals surface area contributed by atoms with Crippen molar-refractivity contribution < 1.29 is 13.2 Å². The summed E-state index contributed by atoms with van der Waals surface area (Å²) in [6.45, 7) is 6.66. The Bertz CT molecular complexity index is 548. The number of ether oxygens (including phenoxy) is 1. The molecule has 1 aromatic rings. The smallest absolute Gasteiger partial charge is 0.242 e. The van der Waals surface area contributed by atoms with E-state index in [-0.39, 0.29) is 4.90 Å². The minimum absolute atomic E-state index is 0.280. The van der Waals surface area contributed by atoms with Crippen LogP contribution in [0.4, 0.5) is 0 Å². The molecule has 1 fully saturated rings. The lowest BCUT2D eigenvalue weighted by molar-refractivity contribution is 0.0386. The summed E-state index contributed by atoms with van der Waals surface area (Å²) in [4.78, 5) is 3.29. The number of sulfonamides is 1. The van der Waals surface area contributed by atoms with Crippen LogP contribution in [0.3, 0.4) is 0 Å². The molecular weight excluding hydrogens is 290 g/mol. The van der Waals surface area contributed by atoms with Crippen molar-refractivity contribution >= 4 is 10.0 Å². The van der Waals surface area contributed by atoms with E-state index in [1.54, 1.807) is 12.3 Å². The molecule has 1 aliphatic rings. The third kappa shape index (κ3) is 4.54. The summed E-state index contributed by atoms with van der Waals surface area (Å²) in [7, 11) is -3.52. The van der Waals surface area contributed by atoms with Gasteiger partial charge in [0.2, 0.25) is 10.0 Å². The standard InChI is InChI=1S/C14H25N3O3S/c1-3-6-15-9-12-8-13(10-16-12)21(18,19)17-14(2)5-4-7-20-11-14/h8,10,15-17H,3-7,9,11H2,1-2H3. The van der Waals surface area contributed by atoms with Gasteiger partial charge in [0.15, 0.2) is 0 Å². The lowest BCUT2D eigenvalue weighted by atomic mass is 9.97. The minimum atomic E-state index is -3.52. The van der Waals surface area contributed by atoms with Crippen LogP contribution in [0.15, 0.2) is 17.2 Å². The molecule has 0 aromatic carbocycles. The molecule has 0 saturated carbocycles. The van der Waals surface area contributed by atoms with Gasteiger partial charge in [0, 0.05) is 25.0 Å². The van der Waals surface area contributed by atoms with E-state index in [1.807, 2.05) is 6.92 Å². The molecular formula is C14H25N3O3S. The molecule has 1 aliphatic heterocycles. The highest BCUT2D eigenvalue weighted by Crippen LogP contribution is 2.22. The Labute approximate surface area is 126 Å². The topological polar surface area (TPSA) is 83.2 Å². The second-order valence-corrected chi connectivity index (χ2v) is 7.54. The van der Waals surface area contributed by atoms with Crippen molar-refractivity contribution in [3.8, 4) is 0 Å². The summed E-state index contributed by atoms with van der Waals surface area (Å²) in [5, 5.41) is 3.24. The van der Waals surface area contributed by atoms with Crippen molar-refractivity contribution in [2.24, 2.45) is 0 Å². The molecule has 120 valence electrons. The van der Waals surface area contributed by atoms with Crippen LogP contribution >= 0.6 is 0 Å². The van der Waals surface area contributed by atoms with E-state index >= 15 is 0 Å². The largest absolute Gasteiger partial charge is 0.380 e. The van der Waals surface area contributed by atoms with Gasteiger partial charge in [-0.3, -0.25) is 0 Å². The van der Waals surface area contributed by atoms with E-state index in [0.29, 0.717) is 19.8 Å². The molecule has 3 N–H and O–H groups in total. The van der Waals surface area contributed by atoms with E-state index < -0.39 is 15.6 Å². The number of aromatic nitrogens is 1. The van der Waals surface area contributed by atoms with Crippen molar-refractivity contribution in [1.29, 1.82) is 0 Å². The first kappa shape index (κ1) is 16.5. The zero-order chi connectivity index (χ0) is 15.3. The van der Waals surface area contributed by atoms with Crippen LogP contribution in [0.1, 0.15) is 38.8 Å². The molecule has 1 unspecified atom stereocenters. The molecule has 2 heterocycles. The fraction of sp³-hybridized carbons (Fsp3) is 0.714. The maximum atomic E-state index is 12.4. The Morgan fingerprint density at radius 1 is 1.48 bits per heavy atom. The average molecular weight is 315 g/mol. The van der Waals surface area contributed by atoms with E-state index in [0.717, 1.165) is 31.5 Å². The van der Waals surface area contributed by atoms with E-state index in [9.17, 15) is 8.42 Å². The Morgan fingerprint density at radius 3 is 2.95 bits per heavy atom. The Morgan fingerprint density at radius 2 is 2.29 bits per heavy atom. The number of hydrogen-bond donors (Lipinski definition) is 3. The zero-order valence-corrected chi connectivity index (χ0v) is 13.6. The van der Waals surface area contributed by atoms with Gasteiger partial charge < -0.3 is 15.0 Å². The number of rotatable bonds is 7. The molecule has 0 bridgehead atoms. The van der Waals surface area contributed by atoms with Crippen LogP contribution < -0.4 is 10.0 Å². The van der Waals surface area contributed by atoms with Crippen molar-refractivity contribution in [1.82, 2.24) is 15.0 Å². The summed E-state index contributed by atoms with van der Waals surface area (Å²) < 4.78 is 33.1. The number of H-pyrrole nitrogens is 1. The maximum absolute atomic E-state index is 12.4. The fourth-order valence-electron chi connectivity index (χ4n) is 2.47. The van der Waals surface area contributed by atoms with Crippen LogP contribution in [0.5, 0.6) is 0 Å². The van der Waals surface area contributed by atoms with Gasteiger partial charge in [-0.2, -0.15) is 0 Å². The highest BCUT2D eigenvalue weighted by molar-refractivity contribution is 7.89.